The lowest BCUT2D eigenvalue weighted by atomic mass is 10.2. The van der Waals surface area contributed by atoms with Crippen molar-refractivity contribution in [3.63, 3.8) is 0 Å². The van der Waals surface area contributed by atoms with E-state index >= 15 is 0 Å². The van der Waals surface area contributed by atoms with Crippen LogP contribution in [0.3, 0.4) is 0 Å². The minimum atomic E-state index is -0.0315. The van der Waals surface area contributed by atoms with E-state index in [1.165, 1.54) is 0 Å². The van der Waals surface area contributed by atoms with Crippen LogP contribution >= 0.6 is 15.9 Å². The lowest BCUT2D eigenvalue weighted by Gasteiger charge is -2.27. The Hall–Kier alpha value is -0.910. The molecule has 0 radical (unpaired) electrons. The van der Waals surface area contributed by atoms with Crippen molar-refractivity contribution in [1.29, 1.82) is 0 Å². The van der Waals surface area contributed by atoms with Crippen molar-refractivity contribution >= 4 is 21.8 Å². The molecule has 1 fully saturated rings. The maximum atomic E-state index is 11.9. The van der Waals surface area contributed by atoms with E-state index in [2.05, 4.69) is 31.5 Å². The molecular weight excluding hydrogens is 282 g/mol. The number of hydrogen-bond donors (Lipinski definition) is 2. The van der Waals surface area contributed by atoms with Gasteiger partial charge in [-0.25, -0.2) is 0 Å². The maximum Gasteiger partial charge on any atom is 0.253 e. The van der Waals surface area contributed by atoms with Gasteiger partial charge in [-0.3, -0.25) is 9.69 Å². The Morgan fingerprint density at radius 3 is 2.76 bits per heavy atom. The molecule has 1 aromatic rings. The van der Waals surface area contributed by atoms with E-state index in [0.29, 0.717) is 12.2 Å². The van der Waals surface area contributed by atoms with Gasteiger partial charge in [0.15, 0.2) is 0 Å². The first-order valence-electron chi connectivity index (χ1n) is 5.73. The number of amides is 1. The van der Waals surface area contributed by atoms with Crippen molar-refractivity contribution in [2.45, 2.75) is 0 Å². The molecule has 0 atom stereocenters. The SMILES string of the molecule is O=C(NCN1CCNCC1)c1ccccc1Br. The van der Waals surface area contributed by atoms with Crippen LogP contribution in [0.4, 0.5) is 0 Å². The molecule has 17 heavy (non-hydrogen) atoms. The first kappa shape index (κ1) is 12.5. The van der Waals surface area contributed by atoms with Gasteiger partial charge in [0.05, 0.1) is 12.2 Å². The fourth-order valence-corrected chi connectivity index (χ4v) is 2.26. The number of rotatable bonds is 3. The maximum absolute atomic E-state index is 11.9. The number of benzene rings is 1. The van der Waals surface area contributed by atoms with Crippen LogP contribution in [0.25, 0.3) is 0 Å². The van der Waals surface area contributed by atoms with Crippen LogP contribution in [-0.2, 0) is 0 Å². The first-order valence-corrected chi connectivity index (χ1v) is 6.52. The minimum Gasteiger partial charge on any atom is -0.339 e. The molecule has 0 unspecified atom stereocenters. The number of halogens is 1. The van der Waals surface area contributed by atoms with Gasteiger partial charge in [-0.15, -0.1) is 0 Å². The smallest absolute Gasteiger partial charge is 0.253 e. The van der Waals surface area contributed by atoms with E-state index in [1.54, 1.807) is 0 Å². The van der Waals surface area contributed by atoms with Crippen LogP contribution < -0.4 is 10.6 Å². The van der Waals surface area contributed by atoms with Crippen molar-refractivity contribution in [1.82, 2.24) is 15.5 Å². The molecule has 4 nitrogen and oxygen atoms in total. The summed E-state index contributed by atoms with van der Waals surface area (Å²) < 4.78 is 0.831. The summed E-state index contributed by atoms with van der Waals surface area (Å²) in [4.78, 5) is 14.2. The lowest BCUT2D eigenvalue weighted by Crippen LogP contribution is -2.48. The average Bonchev–Trinajstić information content (AvgIpc) is 2.38. The molecule has 0 spiro atoms. The van der Waals surface area contributed by atoms with Gasteiger partial charge < -0.3 is 10.6 Å². The molecule has 1 amide bonds. The van der Waals surface area contributed by atoms with Crippen molar-refractivity contribution in [2.75, 3.05) is 32.8 Å². The number of carbonyl (C=O) groups excluding carboxylic acids is 1. The highest BCUT2D eigenvalue weighted by Gasteiger charge is 2.12. The van der Waals surface area contributed by atoms with E-state index in [9.17, 15) is 4.79 Å². The van der Waals surface area contributed by atoms with Gasteiger partial charge in [0.2, 0.25) is 0 Å². The topological polar surface area (TPSA) is 44.4 Å². The second kappa shape index (κ2) is 6.14. The van der Waals surface area contributed by atoms with Crippen molar-refractivity contribution in [2.24, 2.45) is 0 Å². The van der Waals surface area contributed by atoms with Gasteiger partial charge in [-0.2, -0.15) is 0 Å². The van der Waals surface area contributed by atoms with Gasteiger partial charge in [0.25, 0.3) is 5.91 Å². The molecule has 1 aliphatic heterocycles. The predicted molar refractivity (Wildman–Crippen MR) is 70.9 cm³/mol. The van der Waals surface area contributed by atoms with Crippen molar-refractivity contribution < 1.29 is 4.79 Å². The monoisotopic (exact) mass is 297 g/mol. The third-order valence-corrected chi connectivity index (χ3v) is 3.48. The minimum absolute atomic E-state index is 0.0315. The van der Waals surface area contributed by atoms with Crippen LogP contribution in [0.15, 0.2) is 28.7 Å². The molecule has 1 aliphatic rings. The van der Waals surface area contributed by atoms with E-state index in [-0.39, 0.29) is 5.91 Å². The Labute approximate surface area is 110 Å². The first-order chi connectivity index (χ1) is 8.27. The summed E-state index contributed by atoms with van der Waals surface area (Å²) in [7, 11) is 0. The molecule has 1 aromatic carbocycles. The Kier molecular flexibility index (Phi) is 4.53. The summed E-state index contributed by atoms with van der Waals surface area (Å²) in [6.45, 7) is 4.56. The molecule has 2 N–H and O–H groups in total. The molecule has 0 aromatic heterocycles. The molecule has 1 heterocycles. The molecular formula is C12H16BrN3O. The number of hydrogen-bond acceptors (Lipinski definition) is 3. The van der Waals surface area contributed by atoms with Crippen molar-refractivity contribution in [3.8, 4) is 0 Å². The number of piperazine rings is 1. The number of nitrogens with zero attached hydrogens (tertiary/aromatic N) is 1. The lowest BCUT2D eigenvalue weighted by molar-refractivity contribution is 0.0916. The van der Waals surface area contributed by atoms with Gasteiger partial charge in [0, 0.05) is 30.7 Å². The van der Waals surface area contributed by atoms with E-state index in [0.717, 1.165) is 30.7 Å². The largest absolute Gasteiger partial charge is 0.339 e. The third-order valence-electron chi connectivity index (χ3n) is 2.79. The summed E-state index contributed by atoms with van der Waals surface area (Å²) in [5.41, 5.74) is 0.683. The van der Waals surface area contributed by atoms with E-state index in [4.69, 9.17) is 0 Å². The van der Waals surface area contributed by atoms with Crippen LogP contribution in [-0.4, -0.2) is 43.7 Å². The van der Waals surface area contributed by atoms with Crippen molar-refractivity contribution in [3.05, 3.63) is 34.3 Å². The number of nitrogens with one attached hydrogen (secondary N) is 2. The third kappa shape index (κ3) is 3.52. The number of carbonyl (C=O) groups is 1. The summed E-state index contributed by atoms with van der Waals surface area (Å²) in [5, 5.41) is 6.22. The van der Waals surface area contributed by atoms with Gasteiger partial charge in [0.1, 0.15) is 0 Å². The van der Waals surface area contributed by atoms with Crippen LogP contribution in [0.2, 0.25) is 0 Å². The zero-order valence-corrected chi connectivity index (χ0v) is 11.2. The molecule has 92 valence electrons. The van der Waals surface area contributed by atoms with Crippen LogP contribution in [0, 0.1) is 0 Å². The highest BCUT2D eigenvalue weighted by Crippen LogP contribution is 2.15. The zero-order chi connectivity index (χ0) is 12.1. The van der Waals surface area contributed by atoms with E-state index in [1.807, 2.05) is 24.3 Å². The van der Waals surface area contributed by atoms with Crippen LogP contribution in [0.5, 0.6) is 0 Å². The summed E-state index contributed by atoms with van der Waals surface area (Å²) >= 11 is 3.38. The van der Waals surface area contributed by atoms with Gasteiger partial charge in [-0.1, -0.05) is 12.1 Å². The van der Waals surface area contributed by atoms with Crippen LogP contribution in [0.1, 0.15) is 10.4 Å². The second-order valence-electron chi connectivity index (χ2n) is 4.01. The highest BCUT2D eigenvalue weighted by atomic mass is 79.9. The Morgan fingerprint density at radius 1 is 1.35 bits per heavy atom. The molecule has 2 rings (SSSR count). The summed E-state index contributed by atoms with van der Waals surface area (Å²) in [5.74, 6) is -0.0315. The summed E-state index contributed by atoms with van der Waals surface area (Å²) in [6.07, 6.45) is 0. The predicted octanol–water partition coefficient (Wildman–Crippen LogP) is 1.04. The fourth-order valence-electron chi connectivity index (χ4n) is 1.79. The molecule has 0 aliphatic carbocycles. The van der Waals surface area contributed by atoms with E-state index < -0.39 is 0 Å². The van der Waals surface area contributed by atoms with Gasteiger partial charge in [-0.05, 0) is 28.1 Å². The quantitative estimate of drug-likeness (QED) is 0.876. The molecule has 5 heteroatoms. The fraction of sp³-hybridized carbons (Fsp3) is 0.417. The summed E-state index contributed by atoms with van der Waals surface area (Å²) in [6, 6.07) is 7.46. The van der Waals surface area contributed by atoms with Gasteiger partial charge >= 0.3 is 0 Å². The average molecular weight is 298 g/mol. The Morgan fingerprint density at radius 2 is 2.06 bits per heavy atom. The Balaban J connectivity index is 1.87. The second-order valence-corrected chi connectivity index (χ2v) is 4.87. The standard InChI is InChI=1S/C12H16BrN3O/c13-11-4-2-1-3-10(11)12(17)15-9-16-7-5-14-6-8-16/h1-4,14H,5-9H2,(H,15,17). The molecule has 0 saturated carbocycles. The normalized spacial score (nSPS) is 16.8. The molecule has 1 saturated heterocycles. The highest BCUT2D eigenvalue weighted by molar-refractivity contribution is 9.10. The Bertz CT molecular complexity index is 391. The molecule has 0 bridgehead atoms. The zero-order valence-electron chi connectivity index (χ0n) is 9.58.